The van der Waals surface area contributed by atoms with Crippen LogP contribution in [0.3, 0.4) is 0 Å². The van der Waals surface area contributed by atoms with E-state index in [-0.39, 0.29) is 0 Å². The van der Waals surface area contributed by atoms with Crippen LogP contribution in [0.5, 0.6) is 0 Å². The number of nitrogens with one attached hydrogen (secondary N) is 1. The predicted octanol–water partition coefficient (Wildman–Crippen LogP) is 1.35. The van der Waals surface area contributed by atoms with Crippen molar-refractivity contribution in [1.82, 2.24) is 15.1 Å². The van der Waals surface area contributed by atoms with Gasteiger partial charge >= 0.3 is 0 Å². The van der Waals surface area contributed by atoms with Gasteiger partial charge in [-0.25, -0.2) is 0 Å². The Hall–Kier alpha value is -0.870. The van der Waals surface area contributed by atoms with Gasteiger partial charge in [-0.05, 0) is 32.3 Å². The van der Waals surface area contributed by atoms with E-state index < -0.39 is 0 Å². The zero-order valence-electron chi connectivity index (χ0n) is 10.1. The van der Waals surface area contributed by atoms with Gasteiger partial charge in [0.05, 0.1) is 18.8 Å². The van der Waals surface area contributed by atoms with Crippen LogP contribution in [0.2, 0.25) is 0 Å². The SMILES string of the molecule is Cc1cnn(CCNC2CCOC(C)C2)c1. The van der Waals surface area contributed by atoms with Gasteiger partial charge in [-0.15, -0.1) is 0 Å². The van der Waals surface area contributed by atoms with E-state index in [1.165, 1.54) is 5.56 Å². The number of ether oxygens (including phenoxy) is 1. The third kappa shape index (κ3) is 3.32. The quantitative estimate of drug-likeness (QED) is 0.837. The fourth-order valence-corrected chi connectivity index (χ4v) is 2.16. The van der Waals surface area contributed by atoms with Gasteiger partial charge in [-0.2, -0.15) is 5.10 Å². The molecule has 4 nitrogen and oxygen atoms in total. The molecule has 1 N–H and O–H groups in total. The second-order valence-electron chi connectivity index (χ2n) is 4.64. The second-order valence-corrected chi connectivity index (χ2v) is 4.64. The van der Waals surface area contributed by atoms with Gasteiger partial charge in [0.1, 0.15) is 0 Å². The average molecular weight is 223 g/mol. The van der Waals surface area contributed by atoms with E-state index in [1.54, 1.807) is 0 Å². The van der Waals surface area contributed by atoms with Crippen molar-refractivity contribution in [3.63, 3.8) is 0 Å². The molecule has 0 bridgehead atoms. The van der Waals surface area contributed by atoms with Crippen molar-refractivity contribution in [3.05, 3.63) is 18.0 Å². The Morgan fingerprint density at radius 1 is 1.62 bits per heavy atom. The maximum Gasteiger partial charge on any atom is 0.0561 e. The molecule has 16 heavy (non-hydrogen) atoms. The number of aryl methyl sites for hydroxylation is 1. The van der Waals surface area contributed by atoms with Crippen LogP contribution in [-0.4, -0.2) is 35.1 Å². The Balaban J connectivity index is 1.67. The number of hydrogen-bond acceptors (Lipinski definition) is 3. The predicted molar refractivity (Wildman–Crippen MR) is 63.4 cm³/mol. The summed E-state index contributed by atoms with van der Waals surface area (Å²) in [5, 5.41) is 7.83. The monoisotopic (exact) mass is 223 g/mol. The highest BCUT2D eigenvalue weighted by Crippen LogP contribution is 2.12. The molecule has 1 aromatic heterocycles. The molecule has 2 rings (SSSR count). The standard InChI is InChI=1S/C12H21N3O/c1-10-8-14-15(9-10)5-4-13-12-3-6-16-11(2)7-12/h8-9,11-13H,3-7H2,1-2H3. The Bertz CT molecular complexity index is 324. The fourth-order valence-electron chi connectivity index (χ4n) is 2.16. The molecule has 2 atom stereocenters. The molecule has 4 heteroatoms. The van der Waals surface area contributed by atoms with E-state index in [0.29, 0.717) is 12.1 Å². The molecule has 0 radical (unpaired) electrons. The zero-order valence-corrected chi connectivity index (χ0v) is 10.1. The van der Waals surface area contributed by atoms with Gasteiger partial charge in [-0.3, -0.25) is 4.68 Å². The molecule has 1 saturated heterocycles. The van der Waals surface area contributed by atoms with Crippen LogP contribution in [0.15, 0.2) is 12.4 Å². The summed E-state index contributed by atoms with van der Waals surface area (Å²) in [6.45, 7) is 7.03. The normalized spacial score (nSPS) is 25.9. The van der Waals surface area contributed by atoms with E-state index in [2.05, 4.69) is 30.5 Å². The van der Waals surface area contributed by atoms with Crippen LogP contribution in [-0.2, 0) is 11.3 Å². The van der Waals surface area contributed by atoms with Crippen LogP contribution in [0.1, 0.15) is 25.3 Å². The number of rotatable bonds is 4. The third-order valence-electron chi connectivity index (χ3n) is 3.02. The highest BCUT2D eigenvalue weighted by molar-refractivity contribution is 4.99. The first kappa shape index (κ1) is 11.6. The van der Waals surface area contributed by atoms with Crippen LogP contribution in [0.25, 0.3) is 0 Å². The average Bonchev–Trinajstić information content (AvgIpc) is 2.64. The minimum absolute atomic E-state index is 0.401. The van der Waals surface area contributed by atoms with Crippen LogP contribution < -0.4 is 5.32 Å². The van der Waals surface area contributed by atoms with Crippen LogP contribution in [0.4, 0.5) is 0 Å². The van der Waals surface area contributed by atoms with Gasteiger partial charge in [0.25, 0.3) is 0 Å². The molecule has 1 fully saturated rings. The molecule has 0 spiro atoms. The van der Waals surface area contributed by atoms with E-state index in [1.807, 2.05) is 10.9 Å². The summed E-state index contributed by atoms with van der Waals surface area (Å²) in [6.07, 6.45) is 6.63. The maximum atomic E-state index is 5.52. The minimum atomic E-state index is 0.401. The first-order chi connectivity index (χ1) is 7.74. The first-order valence-corrected chi connectivity index (χ1v) is 6.08. The summed E-state index contributed by atoms with van der Waals surface area (Å²) >= 11 is 0. The lowest BCUT2D eigenvalue weighted by atomic mass is 10.0. The summed E-state index contributed by atoms with van der Waals surface area (Å²) in [4.78, 5) is 0. The fraction of sp³-hybridized carbons (Fsp3) is 0.750. The Labute approximate surface area is 97.0 Å². The van der Waals surface area contributed by atoms with Crippen molar-refractivity contribution in [2.45, 2.75) is 45.4 Å². The largest absolute Gasteiger partial charge is 0.378 e. The molecule has 2 heterocycles. The molecule has 0 aliphatic carbocycles. The van der Waals surface area contributed by atoms with Gasteiger partial charge < -0.3 is 10.1 Å². The molecule has 1 aliphatic heterocycles. The molecule has 1 aromatic rings. The second kappa shape index (κ2) is 5.46. The molecule has 0 saturated carbocycles. The summed E-state index contributed by atoms with van der Waals surface area (Å²) in [6, 6.07) is 0.611. The van der Waals surface area contributed by atoms with E-state index >= 15 is 0 Å². The highest BCUT2D eigenvalue weighted by Gasteiger charge is 2.18. The lowest BCUT2D eigenvalue weighted by Crippen LogP contribution is -2.39. The van der Waals surface area contributed by atoms with Gasteiger partial charge in [-0.1, -0.05) is 0 Å². The van der Waals surface area contributed by atoms with Crippen molar-refractivity contribution >= 4 is 0 Å². The van der Waals surface area contributed by atoms with Crippen molar-refractivity contribution in [2.24, 2.45) is 0 Å². The summed E-state index contributed by atoms with van der Waals surface area (Å²) in [7, 11) is 0. The minimum Gasteiger partial charge on any atom is -0.378 e. The van der Waals surface area contributed by atoms with Gasteiger partial charge in [0.15, 0.2) is 0 Å². The van der Waals surface area contributed by atoms with E-state index in [4.69, 9.17) is 4.74 Å². The van der Waals surface area contributed by atoms with E-state index in [0.717, 1.165) is 32.5 Å². The number of aromatic nitrogens is 2. The number of hydrogen-bond donors (Lipinski definition) is 1. The maximum absolute atomic E-state index is 5.52. The highest BCUT2D eigenvalue weighted by atomic mass is 16.5. The molecule has 90 valence electrons. The van der Waals surface area contributed by atoms with Gasteiger partial charge in [0.2, 0.25) is 0 Å². The molecule has 0 amide bonds. The van der Waals surface area contributed by atoms with Crippen LogP contribution in [0, 0.1) is 6.92 Å². The van der Waals surface area contributed by atoms with Crippen molar-refractivity contribution in [2.75, 3.05) is 13.2 Å². The van der Waals surface area contributed by atoms with E-state index in [9.17, 15) is 0 Å². The topological polar surface area (TPSA) is 39.1 Å². The van der Waals surface area contributed by atoms with Gasteiger partial charge in [0, 0.05) is 25.4 Å². The Kier molecular flexibility index (Phi) is 3.96. The Morgan fingerprint density at radius 2 is 2.50 bits per heavy atom. The molecular formula is C12H21N3O. The summed E-state index contributed by atoms with van der Waals surface area (Å²) in [5.41, 5.74) is 1.22. The molecule has 0 aromatic carbocycles. The summed E-state index contributed by atoms with van der Waals surface area (Å²) < 4.78 is 7.51. The Morgan fingerprint density at radius 3 is 3.19 bits per heavy atom. The molecule has 1 aliphatic rings. The lowest BCUT2D eigenvalue weighted by molar-refractivity contribution is 0.0133. The van der Waals surface area contributed by atoms with Crippen molar-refractivity contribution in [1.29, 1.82) is 0 Å². The summed E-state index contributed by atoms with van der Waals surface area (Å²) in [5.74, 6) is 0. The smallest absolute Gasteiger partial charge is 0.0561 e. The third-order valence-corrected chi connectivity index (χ3v) is 3.02. The lowest BCUT2D eigenvalue weighted by Gasteiger charge is -2.28. The molecular weight excluding hydrogens is 202 g/mol. The first-order valence-electron chi connectivity index (χ1n) is 6.08. The zero-order chi connectivity index (χ0) is 11.4. The number of nitrogens with zero attached hydrogens (tertiary/aromatic N) is 2. The molecule has 2 unspecified atom stereocenters. The van der Waals surface area contributed by atoms with Crippen LogP contribution >= 0.6 is 0 Å². The van der Waals surface area contributed by atoms with Crippen molar-refractivity contribution in [3.8, 4) is 0 Å². The van der Waals surface area contributed by atoms with Crippen molar-refractivity contribution < 1.29 is 4.74 Å².